The minimum Gasteiger partial charge on any atom is -0.268 e. The van der Waals surface area contributed by atoms with Crippen LogP contribution in [0.25, 0.3) is 6.08 Å². The Hall–Kier alpha value is -3.00. The minimum atomic E-state index is -0.602. The first-order valence-corrected chi connectivity index (χ1v) is 7.56. The van der Waals surface area contributed by atoms with Crippen molar-refractivity contribution >= 4 is 40.4 Å². The molecule has 0 N–H and O–H groups in total. The summed E-state index contributed by atoms with van der Waals surface area (Å²) < 4.78 is 13.0. The van der Waals surface area contributed by atoms with Crippen molar-refractivity contribution in [3.8, 4) is 0 Å². The van der Waals surface area contributed by atoms with Gasteiger partial charge in [0.05, 0.1) is 21.1 Å². The minimum absolute atomic E-state index is 0.0682. The average molecular weight is 344 g/mol. The molecule has 0 aromatic heterocycles. The van der Waals surface area contributed by atoms with Crippen LogP contribution in [0.15, 0.2) is 53.4 Å². The van der Waals surface area contributed by atoms with E-state index in [0.29, 0.717) is 11.8 Å². The van der Waals surface area contributed by atoms with Crippen molar-refractivity contribution in [3.05, 3.63) is 74.9 Å². The predicted octanol–water partition coefficient (Wildman–Crippen LogP) is 3.97. The van der Waals surface area contributed by atoms with E-state index in [9.17, 15) is 24.1 Å². The van der Waals surface area contributed by atoms with Gasteiger partial charge in [0.15, 0.2) is 0 Å². The lowest BCUT2D eigenvalue weighted by molar-refractivity contribution is -0.385. The van der Waals surface area contributed by atoms with Gasteiger partial charge in [-0.2, -0.15) is 0 Å². The monoisotopic (exact) mass is 344 g/mol. The molecule has 2 aromatic rings. The molecule has 2 aromatic carbocycles. The lowest BCUT2D eigenvalue weighted by atomic mass is 10.1. The number of imide groups is 1. The number of halogens is 1. The lowest BCUT2D eigenvalue weighted by Gasteiger charge is -2.11. The molecule has 1 saturated heterocycles. The Balaban J connectivity index is 1.97. The number of anilines is 1. The third-order valence-corrected chi connectivity index (χ3v) is 4.17. The molecule has 120 valence electrons. The van der Waals surface area contributed by atoms with Crippen molar-refractivity contribution in [2.24, 2.45) is 0 Å². The number of nitro groups is 1. The second kappa shape index (κ2) is 6.25. The van der Waals surface area contributed by atoms with Crippen molar-refractivity contribution in [3.63, 3.8) is 0 Å². The fourth-order valence-electron chi connectivity index (χ4n) is 2.20. The van der Waals surface area contributed by atoms with Gasteiger partial charge in [-0.1, -0.05) is 12.1 Å². The van der Waals surface area contributed by atoms with Crippen molar-refractivity contribution in [2.75, 3.05) is 4.90 Å². The van der Waals surface area contributed by atoms with Crippen molar-refractivity contribution in [2.45, 2.75) is 0 Å². The molecule has 0 spiro atoms. The first-order chi connectivity index (χ1) is 11.5. The highest BCUT2D eigenvalue weighted by Crippen LogP contribution is 2.36. The van der Waals surface area contributed by atoms with Crippen LogP contribution in [0.2, 0.25) is 0 Å². The summed E-state index contributed by atoms with van der Waals surface area (Å²) in [6.45, 7) is 0. The second-order valence-corrected chi connectivity index (χ2v) is 5.80. The Kier molecular flexibility index (Phi) is 4.13. The fraction of sp³-hybridized carbons (Fsp3) is 0. The number of nitrogens with zero attached hydrogens (tertiary/aromatic N) is 2. The van der Waals surface area contributed by atoms with Gasteiger partial charge in [-0.3, -0.25) is 19.7 Å². The van der Waals surface area contributed by atoms with Gasteiger partial charge in [0.25, 0.3) is 16.8 Å². The van der Waals surface area contributed by atoms with Crippen molar-refractivity contribution in [1.29, 1.82) is 0 Å². The molecule has 6 nitrogen and oxygen atoms in total. The molecule has 2 amide bonds. The van der Waals surface area contributed by atoms with Gasteiger partial charge in [-0.15, -0.1) is 0 Å². The van der Waals surface area contributed by atoms with Crippen LogP contribution in [0.4, 0.5) is 20.6 Å². The van der Waals surface area contributed by atoms with Crippen LogP contribution < -0.4 is 4.90 Å². The van der Waals surface area contributed by atoms with Gasteiger partial charge >= 0.3 is 0 Å². The maximum absolute atomic E-state index is 13.0. The number of para-hydroxylation sites is 1. The van der Waals surface area contributed by atoms with Crippen LogP contribution in [-0.4, -0.2) is 16.1 Å². The molecule has 1 heterocycles. The summed E-state index contributed by atoms with van der Waals surface area (Å²) >= 11 is 0.678. The normalized spacial score (nSPS) is 16.0. The summed E-state index contributed by atoms with van der Waals surface area (Å²) in [6.07, 6.45) is 1.31. The van der Waals surface area contributed by atoms with Crippen LogP contribution in [0.3, 0.4) is 0 Å². The van der Waals surface area contributed by atoms with Gasteiger partial charge in [0.2, 0.25) is 0 Å². The van der Waals surface area contributed by atoms with Gasteiger partial charge in [0, 0.05) is 6.07 Å². The fourth-order valence-corrected chi connectivity index (χ4v) is 3.03. The first-order valence-electron chi connectivity index (χ1n) is 6.74. The van der Waals surface area contributed by atoms with Crippen LogP contribution >= 0.6 is 11.8 Å². The number of hydrogen-bond donors (Lipinski definition) is 0. The Morgan fingerprint density at radius 1 is 1.08 bits per heavy atom. The van der Waals surface area contributed by atoms with Crippen LogP contribution in [0.1, 0.15) is 5.56 Å². The molecule has 0 unspecified atom stereocenters. The molecule has 0 bridgehead atoms. The number of rotatable bonds is 3. The summed E-state index contributed by atoms with van der Waals surface area (Å²) in [5.41, 5.74) is 0.308. The summed E-state index contributed by atoms with van der Waals surface area (Å²) in [5.74, 6) is -1.09. The van der Waals surface area contributed by atoms with Crippen LogP contribution in [-0.2, 0) is 4.79 Å². The van der Waals surface area contributed by atoms with E-state index in [1.165, 1.54) is 36.4 Å². The number of carbonyl (C=O) groups excluding carboxylic acids is 2. The van der Waals surface area contributed by atoms with Crippen LogP contribution in [0, 0.1) is 15.9 Å². The zero-order valence-electron chi connectivity index (χ0n) is 12.0. The Morgan fingerprint density at radius 3 is 2.42 bits per heavy atom. The number of carbonyl (C=O) groups is 2. The van der Waals surface area contributed by atoms with E-state index in [1.807, 2.05) is 0 Å². The van der Waals surface area contributed by atoms with E-state index in [0.717, 1.165) is 17.0 Å². The van der Waals surface area contributed by atoms with E-state index >= 15 is 0 Å². The topological polar surface area (TPSA) is 80.5 Å². The highest BCUT2D eigenvalue weighted by molar-refractivity contribution is 8.19. The molecule has 1 aliphatic heterocycles. The number of nitro benzene ring substituents is 1. The van der Waals surface area contributed by atoms with E-state index in [1.54, 1.807) is 6.07 Å². The molecule has 1 aliphatic rings. The van der Waals surface area contributed by atoms with Gasteiger partial charge < -0.3 is 0 Å². The maximum Gasteiger partial charge on any atom is 0.298 e. The summed E-state index contributed by atoms with van der Waals surface area (Å²) in [4.78, 5) is 36.0. The Morgan fingerprint density at radius 2 is 1.75 bits per heavy atom. The number of amides is 2. The molecule has 0 radical (unpaired) electrons. The quantitative estimate of drug-likeness (QED) is 0.478. The summed E-state index contributed by atoms with van der Waals surface area (Å²) in [6, 6.07) is 10.8. The molecule has 3 rings (SSSR count). The van der Waals surface area contributed by atoms with Gasteiger partial charge in [-0.05, 0) is 48.2 Å². The molecule has 0 aliphatic carbocycles. The van der Waals surface area contributed by atoms with E-state index in [2.05, 4.69) is 0 Å². The summed E-state index contributed by atoms with van der Waals surface area (Å²) in [5, 5.41) is 10.5. The standard InChI is InChI=1S/C16H9FN2O4S/c17-11-5-7-12(8-6-11)18-15(20)14(24-16(18)21)9-10-3-1-2-4-13(10)19(22)23/h1-9H. The molecule has 0 saturated carbocycles. The zero-order valence-corrected chi connectivity index (χ0v) is 12.8. The molecular formula is C16H9FN2O4S. The number of thioether (sulfide) groups is 1. The third kappa shape index (κ3) is 2.91. The molecule has 8 heteroatoms. The average Bonchev–Trinajstić information content (AvgIpc) is 2.83. The van der Waals surface area contributed by atoms with E-state index in [4.69, 9.17) is 0 Å². The highest BCUT2D eigenvalue weighted by atomic mass is 32.2. The maximum atomic E-state index is 13.0. The second-order valence-electron chi connectivity index (χ2n) is 4.81. The third-order valence-electron chi connectivity index (χ3n) is 3.30. The van der Waals surface area contributed by atoms with Gasteiger partial charge in [-0.25, -0.2) is 9.29 Å². The molecule has 1 fully saturated rings. The SMILES string of the molecule is O=C1SC(=Cc2ccccc2[N+](=O)[O-])C(=O)N1c1ccc(F)cc1. The highest BCUT2D eigenvalue weighted by Gasteiger charge is 2.36. The predicted molar refractivity (Wildman–Crippen MR) is 87.9 cm³/mol. The Labute approximate surface area is 139 Å². The number of benzene rings is 2. The largest absolute Gasteiger partial charge is 0.298 e. The molecule has 0 atom stereocenters. The van der Waals surface area contributed by atoms with Gasteiger partial charge in [0.1, 0.15) is 5.82 Å². The van der Waals surface area contributed by atoms with Crippen molar-refractivity contribution < 1.29 is 18.9 Å². The van der Waals surface area contributed by atoms with Crippen molar-refractivity contribution in [1.82, 2.24) is 0 Å². The zero-order chi connectivity index (χ0) is 17.3. The van der Waals surface area contributed by atoms with E-state index in [-0.39, 0.29) is 21.8 Å². The number of hydrogen-bond acceptors (Lipinski definition) is 5. The smallest absolute Gasteiger partial charge is 0.268 e. The lowest BCUT2D eigenvalue weighted by Crippen LogP contribution is -2.27. The summed E-state index contributed by atoms with van der Waals surface area (Å²) in [7, 11) is 0. The van der Waals surface area contributed by atoms with Crippen LogP contribution in [0.5, 0.6) is 0 Å². The van der Waals surface area contributed by atoms with E-state index < -0.39 is 21.9 Å². The first kappa shape index (κ1) is 15.9. The Bertz CT molecular complexity index is 880. The molecule has 24 heavy (non-hydrogen) atoms. The molecular weight excluding hydrogens is 335 g/mol.